The van der Waals surface area contributed by atoms with Crippen molar-refractivity contribution in [3.63, 3.8) is 0 Å². The van der Waals surface area contributed by atoms with Gasteiger partial charge in [-0.1, -0.05) is 6.07 Å². The highest BCUT2D eigenvalue weighted by atomic mass is 16.6. The van der Waals surface area contributed by atoms with Crippen molar-refractivity contribution >= 4 is 22.5 Å². The van der Waals surface area contributed by atoms with Crippen LogP contribution in [0.2, 0.25) is 0 Å². The molecule has 3 rings (SSSR count). The zero-order valence-electron chi connectivity index (χ0n) is 13.7. The molecule has 0 bridgehead atoms. The normalized spacial score (nSPS) is 10.5. The lowest BCUT2D eigenvalue weighted by atomic mass is 10.1. The number of aromatic nitrogens is 1. The Balaban J connectivity index is 2.02. The summed E-state index contributed by atoms with van der Waals surface area (Å²) < 4.78 is 5.84. The van der Waals surface area contributed by atoms with E-state index in [0.717, 1.165) is 0 Å². The smallest absolute Gasteiger partial charge is 0.279 e. The van der Waals surface area contributed by atoms with Crippen LogP contribution in [0.5, 0.6) is 11.5 Å². The number of ether oxygens (including phenoxy) is 1. The van der Waals surface area contributed by atoms with Crippen LogP contribution in [0.3, 0.4) is 0 Å². The minimum absolute atomic E-state index is 0.0352. The van der Waals surface area contributed by atoms with Gasteiger partial charge in [0.1, 0.15) is 11.3 Å². The molecule has 0 unspecified atom stereocenters. The van der Waals surface area contributed by atoms with Crippen molar-refractivity contribution < 1.29 is 14.5 Å². The molecule has 0 spiro atoms. The Kier molecular flexibility index (Phi) is 4.30. The first kappa shape index (κ1) is 16.4. The van der Waals surface area contributed by atoms with Crippen LogP contribution in [-0.2, 0) is 0 Å². The van der Waals surface area contributed by atoms with Gasteiger partial charge in [0, 0.05) is 31.9 Å². The molecule has 126 valence electrons. The third-order valence-corrected chi connectivity index (χ3v) is 3.62. The van der Waals surface area contributed by atoms with Crippen molar-refractivity contribution in [2.45, 2.75) is 0 Å². The Morgan fingerprint density at radius 1 is 1.16 bits per heavy atom. The average molecular weight is 337 g/mol. The first-order valence-corrected chi connectivity index (χ1v) is 7.49. The Morgan fingerprint density at radius 3 is 2.68 bits per heavy atom. The highest BCUT2D eigenvalue weighted by molar-refractivity contribution is 5.94. The first-order valence-electron chi connectivity index (χ1n) is 7.49. The summed E-state index contributed by atoms with van der Waals surface area (Å²) in [5, 5.41) is 11.6. The number of hydrogen-bond donors (Lipinski definition) is 0. The Hall–Kier alpha value is -3.48. The molecule has 3 aromatic rings. The van der Waals surface area contributed by atoms with E-state index in [4.69, 9.17) is 4.74 Å². The standard InChI is InChI=1S/C18H15N3O4/c1-20(2)18(22)12-5-3-6-13(11-12)25-16-9-8-15(21(23)24)14-7-4-10-19-17(14)16/h3-11H,1-2H3. The van der Waals surface area contributed by atoms with E-state index in [1.807, 2.05) is 0 Å². The molecule has 1 aromatic heterocycles. The monoisotopic (exact) mass is 337 g/mol. The molecule has 1 amide bonds. The molecule has 1 heterocycles. The van der Waals surface area contributed by atoms with Crippen molar-refractivity contribution in [1.29, 1.82) is 0 Å². The lowest BCUT2D eigenvalue weighted by molar-refractivity contribution is -0.383. The van der Waals surface area contributed by atoms with Gasteiger partial charge < -0.3 is 9.64 Å². The number of rotatable bonds is 4. The van der Waals surface area contributed by atoms with Gasteiger partial charge in [0.05, 0.1) is 10.3 Å². The Bertz CT molecular complexity index is 969. The number of nitro groups is 1. The number of non-ortho nitro benzene ring substituents is 1. The second-order valence-electron chi connectivity index (χ2n) is 5.57. The topological polar surface area (TPSA) is 85.6 Å². The first-order chi connectivity index (χ1) is 12.0. The molecule has 0 atom stereocenters. The highest BCUT2D eigenvalue weighted by Crippen LogP contribution is 2.34. The van der Waals surface area contributed by atoms with E-state index in [2.05, 4.69) is 4.98 Å². The molecule has 0 fully saturated rings. The van der Waals surface area contributed by atoms with E-state index >= 15 is 0 Å². The van der Waals surface area contributed by atoms with Crippen molar-refractivity contribution in [2.75, 3.05) is 14.1 Å². The molecule has 0 aliphatic carbocycles. The number of amides is 1. The molecule has 2 aromatic carbocycles. The molecular formula is C18H15N3O4. The molecule has 0 radical (unpaired) electrons. The summed E-state index contributed by atoms with van der Waals surface area (Å²) in [6.07, 6.45) is 1.55. The fraction of sp³-hybridized carbons (Fsp3) is 0.111. The van der Waals surface area contributed by atoms with Gasteiger partial charge in [0.2, 0.25) is 0 Å². The summed E-state index contributed by atoms with van der Waals surface area (Å²) >= 11 is 0. The number of carbonyl (C=O) groups excluding carboxylic acids is 1. The summed E-state index contributed by atoms with van der Waals surface area (Å²) in [4.78, 5) is 28.4. The van der Waals surface area contributed by atoms with Gasteiger partial charge in [-0.25, -0.2) is 0 Å². The largest absolute Gasteiger partial charge is 0.455 e. The maximum Gasteiger partial charge on any atom is 0.279 e. The molecule has 0 saturated heterocycles. The van der Waals surface area contributed by atoms with Crippen LogP contribution in [-0.4, -0.2) is 34.8 Å². The SMILES string of the molecule is CN(C)C(=O)c1cccc(Oc2ccc([N+](=O)[O-])c3cccnc23)c1. The molecule has 0 N–H and O–H groups in total. The van der Waals surface area contributed by atoms with E-state index < -0.39 is 4.92 Å². The van der Waals surface area contributed by atoms with Crippen LogP contribution in [0.4, 0.5) is 5.69 Å². The van der Waals surface area contributed by atoms with Crippen LogP contribution < -0.4 is 4.74 Å². The Labute approximate surface area is 143 Å². The van der Waals surface area contributed by atoms with Gasteiger partial charge in [-0.2, -0.15) is 0 Å². The van der Waals surface area contributed by atoms with Crippen LogP contribution in [0.25, 0.3) is 10.9 Å². The molecule has 0 saturated carbocycles. The molecular weight excluding hydrogens is 322 g/mol. The van der Waals surface area contributed by atoms with Crippen molar-refractivity contribution in [1.82, 2.24) is 9.88 Å². The predicted molar refractivity (Wildman–Crippen MR) is 92.9 cm³/mol. The number of pyridine rings is 1. The number of hydrogen-bond acceptors (Lipinski definition) is 5. The lowest BCUT2D eigenvalue weighted by Gasteiger charge is -2.12. The highest BCUT2D eigenvalue weighted by Gasteiger charge is 2.16. The quantitative estimate of drug-likeness (QED) is 0.536. The van der Waals surface area contributed by atoms with Crippen LogP contribution >= 0.6 is 0 Å². The van der Waals surface area contributed by atoms with Crippen molar-refractivity contribution in [3.05, 3.63) is 70.4 Å². The number of fused-ring (bicyclic) bond motifs is 1. The number of nitrogens with zero attached hydrogens (tertiary/aromatic N) is 3. The number of nitro benzene ring substituents is 1. The minimum Gasteiger partial charge on any atom is -0.455 e. The summed E-state index contributed by atoms with van der Waals surface area (Å²) in [7, 11) is 3.34. The fourth-order valence-electron chi connectivity index (χ4n) is 2.45. The zero-order valence-corrected chi connectivity index (χ0v) is 13.7. The molecule has 25 heavy (non-hydrogen) atoms. The summed E-state index contributed by atoms with van der Waals surface area (Å²) in [5.74, 6) is 0.696. The van der Waals surface area contributed by atoms with E-state index in [9.17, 15) is 14.9 Å². The maximum absolute atomic E-state index is 12.1. The van der Waals surface area contributed by atoms with Gasteiger partial charge in [-0.3, -0.25) is 19.9 Å². The molecule has 0 aliphatic heterocycles. The average Bonchev–Trinajstić information content (AvgIpc) is 2.61. The summed E-state index contributed by atoms with van der Waals surface area (Å²) in [6.45, 7) is 0. The Morgan fingerprint density at radius 2 is 1.96 bits per heavy atom. The van der Waals surface area contributed by atoms with E-state index in [0.29, 0.717) is 28.0 Å². The van der Waals surface area contributed by atoms with Crippen molar-refractivity contribution in [2.24, 2.45) is 0 Å². The van der Waals surface area contributed by atoms with Gasteiger partial charge in [-0.05, 0) is 36.4 Å². The second kappa shape index (κ2) is 6.56. The zero-order chi connectivity index (χ0) is 18.0. The molecule has 0 aliphatic rings. The van der Waals surface area contributed by atoms with Crippen LogP contribution in [0, 0.1) is 10.1 Å². The lowest BCUT2D eigenvalue weighted by Crippen LogP contribution is -2.21. The van der Waals surface area contributed by atoms with Gasteiger partial charge in [-0.15, -0.1) is 0 Å². The number of benzene rings is 2. The second-order valence-corrected chi connectivity index (χ2v) is 5.57. The molecule has 7 nitrogen and oxygen atoms in total. The third kappa shape index (κ3) is 3.25. The predicted octanol–water partition coefficient (Wildman–Crippen LogP) is 3.64. The van der Waals surface area contributed by atoms with Crippen LogP contribution in [0.15, 0.2) is 54.7 Å². The number of carbonyl (C=O) groups is 1. The third-order valence-electron chi connectivity index (χ3n) is 3.62. The van der Waals surface area contributed by atoms with E-state index in [1.165, 1.54) is 17.0 Å². The maximum atomic E-state index is 12.1. The minimum atomic E-state index is -0.454. The summed E-state index contributed by atoms with van der Waals surface area (Å²) in [5.41, 5.74) is 0.842. The molecule has 7 heteroatoms. The summed E-state index contributed by atoms with van der Waals surface area (Å²) in [6, 6.07) is 12.9. The van der Waals surface area contributed by atoms with E-state index in [1.54, 1.807) is 56.7 Å². The van der Waals surface area contributed by atoms with Crippen LogP contribution in [0.1, 0.15) is 10.4 Å². The fourth-order valence-corrected chi connectivity index (χ4v) is 2.45. The van der Waals surface area contributed by atoms with Gasteiger partial charge in [0.25, 0.3) is 11.6 Å². The van der Waals surface area contributed by atoms with Gasteiger partial charge in [0.15, 0.2) is 5.75 Å². The van der Waals surface area contributed by atoms with E-state index in [-0.39, 0.29) is 11.6 Å². The van der Waals surface area contributed by atoms with Crippen molar-refractivity contribution in [3.8, 4) is 11.5 Å². The van der Waals surface area contributed by atoms with Gasteiger partial charge >= 0.3 is 0 Å².